The number of nitrogens with zero attached hydrogens (tertiary/aromatic N) is 5. The number of benzene rings is 1. The zero-order valence-corrected chi connectivity index (χ0v) is 16.6. The largest absolute Gasteiger partial charge is 0.368 e. The number of carbonyl (C=O) groups excluding carboxylic acids is 2. The van der Waals surface area contributed by atoms with Crippen molar-refractivity contribution in [2.75, 3.05) is 44.2 Å². The van der Waals surface area contributed by atoms with Crippen molar-refractivity contribution < 1.29 is 9.59 Å². The summed E-state index contributed by atoms with van der Waals surface area (Å²) in [5, 5.41) is 1.06. The fraction of sp³-hybridized carbons (Fsp3) is 0.368. The molecule has 4 rings (SSSR count). The average Bonchev–Trinajstić information content (AvgIpc) is 2.69. The molecule has 0 bridgehead atoms. The van der Waals surface area contributed by atoms with Crippen LogP contribution >= 0.6 is 23.2 Å². The molecule has 0 radical (unpaired) electrons. The van der Waals surface area contributed by atoms with Gasteiger partial charge in [0, 0.05) is 57.3 Å². The molecule has 2 aliphatic heterocycles. The fourth-order valence-corrected chi connectivity index (χ4v) is 3.79. The van der Waals surface area contributed by atoms with E-state index in [1.165, 1.54) is 18.6 Å². The average molecular weight is 420 g/mol. The summed E-state index contributed by atoms with van der Waals surface area (Å²) >= 11 is 12.1. The van der Waals surface area contributed by atoms with Crippen molar-refractivity contribution in [1.29, 1.82) is 0 Å². The third kappa shape index (κ3) is 3.77. The van der Waals surface area contributed by atoms with Crippen molar-refractivity contribution in [1.82, 2.24) is 19.8 Å². The maximum absolute atomic E-state index is 12.7. The van der Waals surface area contributed by atoms with E-state index in [1.807, 2.05) is 17.0 Å². The van der Waals surface area contributed by atoms with Gasteiger partial charge >= 0.3 is 0 Å². The Labute approximate surface area is 172 Å². The lowest BCUT2D eigenvalue weighted by Gasteiger charge is -2.43. The second kappa shape index (κ2) is 7.93. The van der Waals surface area contributed by atoms with Crippen LogP contribution in [0.2, 0.25) is 10.0 Å². The Balaban J connectivity index is 1.28. The summed E-state index contributed by atoms with van der Waals surface area (Å²) < 4.78 is 0. The van der Waals surface area contributed by atoms with Crippen LogP contribution in [0.4, 0.5) is 5.69 Å². The predicted molar refractivity (Wildman–Crippen MR) is 107 cm³/mol. The minimum Gasteiger partial charge on any atom is -0.368 e. The van der Waals surface area contributed by atoms with E-state index < -0.39 is 0 Å². The van der Waals surface area contributed by atoms with Crippen LogP contribution in [0.15, 0.2) is 36.8 Å². The Morgan fingerprint density at radius 1 is 0.964 bits per heavy atom. The van der Waals surface area contributed by atoms with Gasteiger partial charge in [0.1, 0.15) is 5.69 Å². The summed E-state index contributed by atoms with van der Waals surface area (Å²) in [7, 11) is 0. The molecule has 1 aromatic carbocycles. The van der Waals surface area contributed by atoms with Crippen LogP contribution in [0.5, 0.6) is 0 Å². The summed E-state index contributed by atoms with van der Waals surface area (Å²) in [4.78, 5) is 38.7. The molecule has 2 amide bonds. The zero-order chi connectivity index (χ0) is 19.7. The van der Waals surface area contributed by atoms with Gasteiger partial charge in [-0.25, -0.2) is 4.98 Å². The number of likely N-dealkylation sites (tertiary alicyclic amines) is 1. The summed E-state index contributed by atoms with van der Waals surface area (Å²) in [6.45, 7) is 3.63. The van der Waals surface area contributed by atoms with Gasteiger partial charge in [-0.2, -0.15) is 0 Å². The van der Waals surface area contributed by atoms with E-state index in [0.29, 0.717) is 41.9 Å². The highest BCUT2D eigenvalue weighted by Crippen LogP contribution is 2.28. The van der Waals surface area contributed by atoms with E-state index in [2.05, 4.69) is 14.9 Å². The molecular weight excluding hydrogens is 401 g/mol. The van der Waals surface area contributed by atoms with Gasteiger partial charge in [-0.1, -0.05) is 23.2 Å². The molecule has 2 saturated heterocycles. The van der Waals surface area contributed by atoms with Gasteiger partial charge in [0.2, 0.25) is 5.91 Å². The molecule has 1 aromatic heterocycles. The highest BCUT2D eigenvalue weighted by Gasteiger charge is 2.39. The van der Waals surface area contributed by atoms with Crippen LogP contribution < -0.4 is 4.90 Å². The number of carbonyl (C=O) groups is 2. The Morgan fingerprint density at radius 2 is 1.71 bits per heavy atom. The van der Waals surface area contributed by atoms with Crippen molar-refractivity contribution in [2.45, 2.75) is 0 Å². The Hall–Kier alpha value is -2.38. The summed E-state index contributed by atoms with van der Waals surface area (Å²) in [6.07, 6.45) is 4.46. The molecule has 2 aliphatic rings. The lowest BCUT2D eigenvalue weighted by molar-refractivity contribution is -0.140. The number of piperazine rings is 1. The van der Waals surface area contributed by atoms with Gasteiger partial charge < -0.3 is 14.7 Å². The lowest BCUT2D eigenvalue weighted by Crippen LogP contribution is -2.59. The van der Waals surface area contributed by atoms with E-state index in [1.54, 1.807) is 11.0 Å². The summed E-state index contributed by atoms with van der Waals surface area (Å²) in [5.74, 6) is -0.212. The van der Waals surface area contributed by atoms with E-state index in [4.69, 9.17) is 23.2 Å². The van der Waals surface area contributed by atoms with Crippen molar-refractivity contribution in [2.24, 2.45) is 5.92 Å². The standard InChI is InChI=1S/C19H19Cl2N5O2/c20-15-2-1-14(9-16(15)21)24-5-7-25(8-6-24)18(27)13-11-26(12-13)19(28)17-10-22-3-4-23-17/h1-4,9-10,13H,5-8,11-12H2. The summed E-state index contributed by atoms with van der Waals surface area (Å²) in [5.41, 5.74) is 1.31. The maximum Gasteiger partial charge on any atom is 0.274 e. The second-order valence-corrected chi connectivity index (χ2v) is 7.72. The third-order valence-corrected chi connectivity index (χ3v) is 5.90. The number of amides is 2. The van der Waals surface area contributed by atoms with E-state index >= 15 is 0 Å². The summed E-state index contributed by atoms with van der Waals surface area (Å²) in [6, 6.07) is 5.57. The number of anilines is 1. The van der Waals surface area contributed by atoms with Gasteiger partial charge in [0.15, 0.2) is 0 Å². The highest BCUT2D eigenvalue weighted by atomic mass is 35.5. The first-order valence-electron chi connectivity index (χ1n) is 9.07. The molecule has 0 aliphatic carbocycles. The Kier molecular flexibility index (Phi) is 5.37. The molecule has 0 saturated carbocycles. The van der Waals surface area contributed by atoms with Gasteiger partial charge in [-0.15, -0.1) is 0 Å². The number of hydrogen-bond donors (Lipinski definition) is 0. The second-order valence-electron chi connectivity index (χ2n) is 6.91. The lowest BCUT2D eigenvalue weighted by atomic mass is 9.97. The SMILES string of the molecule is O=C(c1cnccn1)N1CC(C(=O)N2CCN(c3ccc(Cl)c(Cl)c3)CC2)C1. The molecule has 146 valence electrons. The molecular formula is C19H19Cl2N5O2. The van der Waals surface area contributed by atoms with Gasteiger partial charge in [-0.3, -0.25) is 14.6 Å². The number of hydrogen-bond acceptors (Lipinski definition) is 5. The van der Waals surface area contributed by atoms with E-state index in [0.717, 1.165) is 18.8 Å². The minimum absolute atomic E-state index is 0.108. The van der Waals surface area contributed by atoms with Crippen LogP contribution in [0, 0.1) is 5.92 Å². The van der Waals surface area contributed by atoms with Crippen molar-refractivity contribution in [3.05, 3.63) is 52.5 Å². The molecule has 9 heteroatoms. The van der Waals surface area contributed by atoms with Crippen LogP contribution in [0.25, 0.3) is 0 Å². The predicted octanol–water partition coefficient (Wildman–Crippen LogP) is 2.20. The number of halogens is 2. The molecule has 0 spiro atoms. The normalized spacial score (nSPS) is 17.4. The first kappa shape index (κ1) is 19.0. The molecule has 2 fully saturated rings. The van der Waals surface area contributed by atoms with E-state index in [9.17, 15) is 9.59 Å². The third-order valence-electron chi connectivity index (χ3n) is 5.16. The number of rotatable bonds is 3. The highest BCUT2D eigenvalue weighted by molar-refractivity contribution is 6.42. The van der Waals surface area contributed by atoms with Crippen molar-refractivity contribution in [3.8, 4) is 0 Å². The first-order chi connectivity index (χ1) is 13.5. The van der Waals surface area contributed by atoms with Crippen molar-refractivity contribution in [3.63, 3.8) is 0 Å². The first-order valence-corrected chi connectivity index (χ1v) is 9.82. The molecule has 28 heavy (non-hydrogen) atoms. The van der Waals surface area contributed by atoms with Crippen LogP contribution in [-0.2, 0) is 4.79 Å². The van der Waals surface area contributed by atoms with Crippen LogP contribution in [0.3, 0.4) is 0 Å². The molecule has 7 nitrogen and oxygen atoms in total. The molecule has 2 aromatic rings. The topological polar surface area (TPSA) is 69.6 Å². The van der Waals surface area contributed by atoms with Crippen LogP contribution in [0.1, 0.15) is 10.5 Å². The quantitative estimate of drug-likeness (QED) is 0.762. The molecule has 0 atom stereocenters. The zero-order valence-electron chi connectivity index (χ0n) is 15.1. The molecule has 0 N–H and O–H groups in total. The van der Waals surface area contributed by atoms with Crippen LogP contribution in [-0.4, -0.2) is 70.9 Å². The maximum atomic E-state index is 12.7. The smallest absolute Gasteiger partial charge is 0.274 e. The van der Waals surface area contributed by atoms with Gasteiger partial charge in [0.25, 0.3) is 5.91 Å². The van der Waals surface area contributed by atoms with Gasteiger partial charge in [0.05, 0.1) is 22.2 Å². The van der Waals surface area contributed by atoms with Gasteiger partial charge in [-0.05, 0) is 18.2 Å². The minimum atomic E-state index is -0.179. The number of aromatic nitrogens is 2. The molecule has 0 unspecified atom stereocenters. The Morgan fingerprint density at radius 3 is 2.36 bits per heavy atom. The molecule has 3 heterocycles. The van der Waals surface area contributed by atoms with Crippen molar-refractivity contribution >= 4 is 40.7 Å². The monoisotopic (exact) mass is 419 g/mol. The van der Waals surface area contributed by atoms with E-state index in [-0.39, 0.29) is 17.7 Å². The fourth-order valence-electron chi connectivity index (χ4n) is 3.50. The Bertz CT molecular complexity index is 881.